The summed E-state index contributed by atoms with van der Waals surface area (Å²) in [4.78, 5) is 0. The Bertz CT molecular complexity index is 2480. The van der Waals surface area contributed by atoms with E-state index in [2.05, 4.69) is 160 Å². The molecule has 6 aromatic rings. The predicted octanol–water partition coefficient (Wildman–Crippen LogP) is 8.35. The summed E-state index contributed by atoms with van der Waals surface area (Å²) in [6.45, 7) is 10.1. The summed E-state index contributed by atoms with van der Waals surface area (Å²) in [5, 5.41) is 5.61. The molecule has 266 valence electrons. The van der Waals surface area contributed by atoms with Crippen molar-refractivity contribution >= 4 is 63.4 Å². The molecular formula is C50H44Cl2SiZr. The van der Waals surface area contributed by atoms with Gasteiger partial charge in [0.1, 0.15) is 0 Å². The quantitative estimate of drug-likeness (QED) is 0.135. The fourth-order valence-corrected chi connectivity index (χ4v) is 30.7. The number of allylic oxidation sites excluding steroid dienone is 2. The first-order valence-corrected chi connectivity index (χ1v) is 28.4. The second-order valence-electron chi connectivity index (χ2n) is 15.5. The van der Waals surface area contributed by atoms with E-state index in [-0.39, 0.29) is 24.8 Å². The van der Waals surface area contributed by atoms with Crippen molar-refractivity contribution in [3.63, 3.8) is 0 Å². The van der Waals surface area contributed by atoms with Crippen molar-refractivity contribution in [3.05, 3.63) is 153 Å². The summed E-state index contributed by atoms with van der Waals surface area (Å²) < 4.78 is 1.25. The Hall–Kier alpha value is -3.52. The van der Waals surface area contributed by atoms with Gasteiger partial charge in [0.15, 0.2) is 0 Å². The molecule has 6 aromatic carbocycles. The fraction of sp³-hybridized carbons (Fsp3) is 0.200. The van der Waals surface area contributed by atoms with E-state index in [9.17, 15) is 0 Å². The van der Waals surface area contributed by atoms with Crippen LogP contribution in [0.5, 0.6) is 0 Å². The molecule has 0 radical (unpaired) electrons. The third kappa shape index (κ3) is 5.70. The predicted molar refractivity (Wildman–Crippen MR) is 225 cm³/mol. The molecule has 0 amide bonds. The molecule has 2 unspecified atom stereocenters. The van der Waals surface area contributed by atoms with E-state index in [1.807, 2.05) is 0 Å². The van der Waals surface area contributed by atoms with Gasteiger partial charge in [0.25, 0.3) is 0 Å². The molecule has 0 saturated carbocycles. The van der Waals surface area contributed by atoms with E-state index in [1.165, 1.54) is 103 Å². The number of halogens is 2. The van der Waals surface area contributed by atoms with E-state index in [0.717, 1.165) is 0 Å². The first kappa shape index (κ1) is 37.4. The zero-order chi connectivity index (χ0) is 35.1. The van der Waals surface area contributed by atoms with Crippen LogP contribution in [-0.4, -0.2) is 5.43 Å². The largest absolute Gasteiger partial charge is 1.00 e. The van der Waals surface area contributed by atoms with Crippen molar-refractivity contribution in [2.45, 2.75) is 59.9 Å². The van der Waals surface area contributed by atoms with Gasteiger partial charge in [0, 0.05) is 0 Å². The van der Waals surface area contributed by atoms with Crippen LogP contribution < -0.4 is 24.8 Å². The van der Waals surface area contributed by atoms with Crippen LogP contribution in [0, 0.1) is 0 Å². The van der Waals surface area contributed by atoms with E-state index >= 15 is 0 Å². The zero-order valence-electron chi connectivity index (χ0n) is 31.4. The molecule has 54 heavy (non-hydrogen) atoms. The standard InChI is InChI=1S/2C24H19.C2H6Si.2ClH.Zr/c2*1-2-5-16-14-19-7-4-8-20(23(19)15-16)21-13-12-18-11-10-17-6-3-9-22(21)24(17)18;1-3-2;;;/h2*3-4,6-15H,2,5H2,1H3;1-2H3;2*1H;/q;;;;;+2/p-2. The average Bonchev–Trinajstić information content (AvgIpc) is 3.95. The molecule has 4 heteroatoms. The maximum absolute atomic E-state index is 2.68. The van der Waals surface area contributed by atoms with Gasteiger partial charge in [-0.05, 0) is 0 Å². The molecule has 0 heterocycles. The van der Waals surface area contributed by atoms with Crippen molar-refractivity contribution in [1.82, 2.24) is 0 Å². The van der Waals surface area contributed by atoms with Crippen LogP contribution in [-0.2, 0) is 20.4 Å². The molecule has 0 fully saturated rings. The Morgan fingerprint density at radius 1 is 0.481 bits per heavy atom. The number of benzene rings is 6. The van der Waals surface area contributed by atoms with Crippen LogP contribution in [0.4, 0.5) is 0 Å². The Morgan fingerprint density at radius 2 is 0.889 bits per heavy atom. The Kier molecular flexibility index (Phi) is 10.3. The van der Waals surface area contributed by atoms with Crippen LogP contribution in [0.15, 0.2) is 108 Å². The van der Waals surface area contributed by atoms with E-state index in [1.54, 1.807) is 22.3 Å². The van der Waals surface area contributed by atoms with Gasteiger partial charge in [-0.15, -0.1) is 0 Å². The molecule has 0 saturated heterocycles. The minimum atomic E-state index is -2.30. The molecule has 0 bridgehead atoms. The summed E-state index contributed by atoms with van der Waals surface area (Å²) in [6.07, 6.45) is 19.3. The maximum atomic E-state index is 2.68. The fourth-order valence-electron chi connectivity index (χ4n) is 10.2. The molecule has 0 aromatic heterocycles. The molecule has 0 nitrogen and oxygen atoms in total. The van der Waals surface area contributed by atoms with Gasteiger partial charge in [-0.2, -0.15) is 0 Å². The first-order chi connectivity index (χ1) is 25.6. The smallest absolute Gasteiger partial charge is 1.00 e. The van der Waals surface area contributed by atoms with Crippen LogP contribution in [0.3, 0.4) is 0 Å². The third-order valence-electron chi connectivity index (χ3n) is 12.3. The normalized spacial score (nSPS) is 16.4. The molecule has 0 aliphatic heterocycles. The molecule has 4 aliphatic rings. The molecule has 0 N–H and O–H groups in total. The first-order valence-electron chi connectivity index (χ1n) is 19.4. The van der Waals surface area contributed by atoms with Gasteiger partial charge >= 0.3 is 319 Å². The van der Waals surface area contributed by atoms with Crippen molar-refractivity contribution in [3.8, 4) is 22.3 Å². The number of hydrogen-bond acceptors (Lipinski definition) is 0. The summed E-state index contributed by atoms with van der Waals surface area (Å²) in [5.74, 6) is 0. The minimum Gasteiger partial charge on any atom is -1.00 e. The number of rotatable bonds is 8. The summed E-state index contributed by atoms with van der Waals surface area (Å²) in [7, 11) is 0. The summed E-state index contributed by atoms with van der Waals surface area (Å²) in [5.41, 5.74) is 20.3. The van der Waals surface area contributed by atoms with Gasteiger partial charge in [0.05, 0.1) is 0 Å². The van der Waals surface area contributed by atoms with Gasteiger partial charge in [-0.1, -0.05) is 0 Å². The van der Waals surface area contributed by atoms with E-state index in [4.69, 9.17) is 0 Å². The van der Waals surface area contributed by atoms with E-state index < -0.39 is 25.8 Å². The van der Waals surface area contributed by atoms with Crippen LogP contribution in [0.2, 0.25) is 13.1 Å². The third-order valence-corrected chi connectivity index (χ3v) is 31.7. The van der Waals surface area contributed by atoms with Crippen molar-refractivity contribution < 1.29 is 45.2 Å². The minimum absolute atomic E-state index is 0. The Morgan fingerprint density at radius 3 is 1.30 bits per heavy atom. The second kappa shape index (κ2) is 14.9. The maximum Gasteiger partial charge on any atom is -1.00 e. The van der Waals surface area contributed by atoms with Crippen molar-refractivity contribution in [2.24, 2.45) is 0 Å². The molecule has 10 rings (SSSR count). The van der Waals surface area contributed by atoms with Gasteiger partial charge < -0.3 is 24.8 Å². The molecule has 2 atom stereocenters. The SMILES string of the molecule is CCCC1=Cc2c(-c3ccc4c5c(cccc35)C=C4)cccc2[CH]1[Zr+2]([CH]1C(CCC)=Cc2c(-c3ccc4c5c(cccc35)C=C4)cccc21)=[Si](C)C.[Cl-].[Cl-]. The molecular weight excluding hydrogens is 791 g/mol. The van der Waals surface area contributed by atoms with Crippen LogP contribution >= 0.6 is 0 Å². The summed E-state index contributed by atoms with van der Waals surface area (Å²) >= 11 is -2.30. The van der Waals surface area contributed by atoms with Gasteiger partial charge in [0.2, 0.25) is 0 Å². The zero-order valence-corrected chi connectivity index (χ0v) is 36.4. The monoisotopic (exact) mass is 832 g/mol. The van der Waals surface area contributed by atoms with Crippen molar-refractivity contribution in [2.75, 3.05) is 0 Å². The number of hydrogen-bond donors (Lipinski definition) is 0. The van der Waals surface area contributed by atoms with Crippen molar-refractivity contribution in [1.29, 1.82) is 0 Å². The average molecular weight is 835 g/mol. The number of fused-ring (bicyclic) bond motifs is 2. The topological polar surface area (TPSA) is 0 Å². The molecule has 4 aliphatic carbocycles. The summed E-state index contributed by atoms with van der Waals surface area (Å²) in [6, 6.07) is 37.9. The van der Waals surface area contributed by atoms with Gasteiger partial charge in [-0.25, -0.2) is 0 Å². The Balaban J connectivity index is 0.00000207. The second-order valence-corrected chi connectivity index (χ2v) is 33.4. The van der Waals surface area contributed by atoms with Crippen LogP contribution in [0.25, 0.3) is 80.3 Å². The van der Waals surface area contributed by atoms with Gasteiger partial charge in [-0.3, -0.25) is 0 Å². The van der Waals surface area contributed by atoms with E-state index in [0.29, 0.717) is 7.25 Å². The molecule has 0 spiro atoms. The Labute approximate surface area is 340 Å². The van der Waals surface area contributed by atoms with Crippen LogP contribution in [0.1, 0.15) is 91.3 Å².